The number of esters is 1. The summed E-state index contributed by atoms with van der Waals surface area (Å²) in [6.45, 7) is 5.65. The number of rotatable bonds is 14. The van der Waals surface area contributed by atoms with Crippen LogP contribution in [0.1, 0.15) is 50.7 Å². The van der Waals surface area contributed by atoms with E-state index in [4.69, 9.17) is 4.74 Å². The Labute approximate surface area is 225 Å². The van der Waals surface area contributed by atoms with Crippen LogP contribution < -0.4 is 10.2 Å². The minimum Gasteiger partial charge on any atom is -0.466 e. The van der Waals surface area contributed by atoms with Crippen LogP contribution in [0.4, 0.5) is 10.5 Å². The highest BCUT2D eigenvalue weighted by Gasteiger charge is 2.16. The Hall–Kier alpha value is -3.25. The molecule has 2 amide bonds. The molecule has 3 aromatic carbocycles. The van der Waals surface area contributed by atoms with E-state index >= 15 is 0 Å². The molecule has 0 aliphatic rings. The van der Waals surface area contributed by atoms with Crippen LogP contribution in [-0.4, -0.2) is 31.7 Å². The first-order valence-corrected chi connectivity index (χ1v) is 14.0. The van der Waals surface area contributed by atoms with Gasteiger partial charge in [0.05, 0.1) is 13.0 Å². The predicted molar refractivity (Wildman–Crippen MR) is 152 cm³/mol. The number of amides is 2. The lowest BCUT2D eigenvalue weighted by Crippen LogP contribution is -2.41. The highest BCUT2D eigenvalue weighted by molar-refractivity contribution is 7.99. The van der Waals surface area contributed by atoms with Gasteiger partial charge in [0.15, 0.2) is 0 Å². The number of nitrogens with one attached hydrogen (secondary N) is 1. The van der Waals surface area contributed by atoms with E-state index in [0.717, 1.165) is 40.3 Å². The number of carbonyl (C=O) groups is 2. The molecule has 0 heterocycles. The van der Waals surface area contributed by atoms with Crippen molar-refractivity contribution >= 4 is 29.4 Å². The lowest BCUT2D eigenvalue weighted by atomic mass is 10.1. The number of unbranched alkanes of at least 4 members (excludes halogenated alkanes) is 3. The third kappa shape index (κ3) is 9.96. The van der Waals surface area contributed by atoms with Crippen LogP contribution in [0, 0.1) is 0 Å². The quantitative estimate of drug-likeness (QED) is 0.180. The van der Waals surface area contributed by atoms with Gasteiger partial charge in [0.1, 0.15) is 0 Å². The summed E-state index contributed by atoms with van der Waals surface area (Å²) in [5.41, 5.74) is 2.99. The summed E-state index contributed by atoms with van der Waals surface area (Å²) < 4.78 is 5.08. The summed E-state index contributed by atoms with van der Waals surface area (Å²) in [6.07, 6.45) is 5.51. The number of nitrogens with zero attached hydrogens (tertiary/aromatic N) is 1. The summed E-state index contributed by atoms with van der Waals surface area (Å²) in [4.78, 5) is 29.0. The molecule has 1 N–H and O–H groups in total. The number of benzene rings is 3. The fraction of sp³-hybridized carbons (Fsp3) is 0.355. The monoisotopic (exact) mass is 518 g/mol. The fourth-order valence-electron chi connectivity index (χ4n) is 4.02. The topological polar surface area (TPSA) is 58.6 Å². The van der Waals surface area contributed by atoms with Gasteiger partial charge in [-0.2, -0.15) is 0 Å². The van der Waals surface area contributed by atoms with E-state index in [1.165, 1.54) is 18.4 Å². The molecule has 196 valence electrons. The zero-order valence-corrected chi connectivity index (χ0v) is 22.8. The largest absolute Gasteiger partial charge is 0.466 e. The molecule has 3 aromatic rings. The summed E-state index contributed by atoms with van der Waals surface area (Å²) in [6, 6.07) is 26.2. The molecule has 5 nitrogen and oxygen atoms in total. The van der Waals surface area contributed by atoms with Crippen molar-refractivity contribution in [1.82, 2.24) is 5.32 Å². The highest BCUT2D eigenvalue weighted by atomic mass is 32.2. The van der Waals surface area contributed by atoms with Gasteiger partial charge in [-0.15, -0.1) is 0 Å². The zero-order chi connectivity index (χ0) is 26.3. The third-order valence-electron chi connectivity index (χ3n) is 5.94. The van der Waals surface area contributed by atoms with Crippen LogP contribution in [0.15, 0.2) is 88.7 Å². The average molecular weight is 519 g/mol. The van der Waals surface area contributed by atoms with E-state index in [0.29, 0.717) is 19.7 Å². The van der Waals surface area contributed by atoms with Crippen LogP contribution in [0.25, 0.3) is 0 Å². The molecule has 0 spiro atoms. The van der Waals surface area contributed by atoms with Crippen molar-refractivity contribution in [2.24, 2.45) is 0 Å². The van der Waals surface area contributed by atoms with E-state index in [1.54, 1.807) is 11.8 Å². The lowest BCUT2D eigenvalue weighted by Gasteiger charge is -2.24. The first-order chi connectivity index (χ1) is 18.1. The minimum absolute atomic E-state index is 0.0639. The number of urea groups is 1. The SMILES string of the molecule is CCCCCCNC(=O)N(CCc1ccccc1)c1cccc(Sc2cccc(CC(=O)OCC)c2)c1. The van der Waals surface area contributed by atoms with E-state index in [9.17, 15) is 9.59 Å². The van der Waals surface area contributed by atoms with E-state index in [1.807, 2.05) is 72.5 Å². The minimum atomic E-state index is -0.221. The van der Waals surface area contributed by atoms with Crippen molar-refractivity contribution in [2.45, 2.75) is 62.2 Å². The van der Waals surface area contributed by atoms with E-state index in [-0.39, 0.29) is 18.4 Å². The average Bonchev–Trinajstić information content (AvgIpc) is 2.90. The second-order valence-corrected chi connectivity index (χ2v) is 10.1. The molecular formula is C31H38N2O3S. The smallest absolute Gasteiger partial charge is 0.321 e. The Morgan fingerprint density at radius 3 is 2.32 bits per heavy atom. The van der Waals surface area contributed by atoms with Gasteiger partial charge in [-0.1, -0.05) is 86.5 Å². The highest BCUT2D eigenvalue weighted by Crippen LogP contribution is 2.31. The summed E-state index contributed by atoms with van der Waals surface area (Å²) >= 11 is 1.62. The molecular weight excluding hydrogens is 480 g/mol. The molecule has 0 fully saturated rings. The first-order valence-electron chi connectivity index (χ1n) is 13.2. The molecule has 0 radical (unpaired) electrons. The van der Waals surface area contributed by atoms with Crippen LogP contribution in [0.2, 0.25) is 0 Å². The van der Waals surface area contributed by atoms with Crippen molar-refractivity contribution in [1.29, 1.82) is 0 Å². The second-order valence-electron chi connectivity index (χ2n) is 8.91. The maximum absolute atomic E-state index is 13.2. The molecule has 0 atom stereocenters. The zero-order valence-electron chi connectivity index (χ0n) is 21.9. The van der Waals surface area contributed by atoms with Gasteiger partial charge in [-0.3, -0.25) is 9.69 Å². The van der Waals surface area contributed by atoms with E-state index < -0.39 is 0 Å². The van der Waals surface area contributed by atoms with Gasteiger partial charge in [0.25, 0.3) is 0 Å². The normalized spacial score (nSPS) is 10.6. The molecule has 3 rings (SSSR count). The maximum Gasteiger partial charge on any atom is 0.321 e. The van der Waals surface area contributed by atoms with Crippen molar-refractivity contribution < 1.29 is 14.3 Å². The summed E-state index contributed by atoms with van der Waals surface area (Å²) in [5, 5.41) is 3.12. The molecule has 0 saturated heterocycles. The van der Waals surface area contributed by atoms with Gasteiger partial charge < -0.3 is 10.1 Å². The van der Waals surface area contributed by atoms with Gasteiger partial charge in [0.2, 0.25) is 0 Å². The molecule has 0 saturated carbocycles. The second kappa shape index (κ2) is 15.8. The summed E-state index contributed by atoms with van der Waals surface area (Å²) in [5.74, 6) is -0.221. The number of hydrogen-bond acceptors (Lipinski definition) is 4. The molecule has 37 heavy (non-hydrogen) atoms. The lowest BCUT2D eigenvalue weighted by molar-refractivity contribution is -0.142. The van der Waals surface area contributed by atoms with Crippen molar-refractivity contribution in [3.05, 3.63) is 90.0 Å². The van der Waals surface area contributed by atoms with Gasteiger partial charge >= 0.3 is 12.0 Å². The standard InChI is InChI=1S/C31H38N2O3S/c1-3-5-6-10-20-32-31(35)33(21-19-25-13-8-7-9-14-25)27-16-12-18-29(24-27)37-28-17-11-15-26(22-28)23-30(34)36-4-2/h7-9,11-18,22,24H,3-6,10,19-21,23H2,1-2H3,(H,32,35). The van der Waals surface area contributed by atoms with Crippen LogP contribution in [-0.2, 0) is 22.4 Å². The van der Waals surface area contributed by atoms with Gasteiger partial charge in [0, 0.05) is 28.6 Å². The van der Waals surface area contributed by atoms with E-state index in [2.05, 4.69) is 30.4 Å². The number of anilines is 1. The molecule has 0 bridgehead atoms. The first kappa shape index (κ1) is 28.3. The maximum atomic E-state index is 13.2. The fourth-order valence-corrected chi connectivity index (χ4v) is 4.98. The molecule has 0 aromatic heterocycles. The van der Waals surface area contributed by atoms with Gasteiger partial charge in [-0.05, 0) is 61.2 Å². The Balaban J connectivity index is 1.72. The van der Waals surface area contributed by atoms with Crippen molar-refractivity contribution in [2.75, 3.05) is 24.6 Å². The number of carbonyl (C=O) groups excluding carboxylic acids is 2. The predicted octanol–water partition coefficient (Wildman–Crippen LogP) is 7.28. The summed E-state index contributed by atoms with van der Waals surface area (Å²) in [7, 11) is 0. The number of ether oxygens (including phenoxy) is 1. The molecule has 0 aliphatic carbocycles. The Kier molecular flexibility index (Phi) is 12.1. The number of hydrogen-bond donors (Lipinski definition) is 1. The molecule has 6 heteroatoms. The Morgan fingerprint density at radius 1 is 0.838 bits per heavy atom. The van der Waals surface area contributed by atoms with Crippen LogP contribution >= 0.6 is 11.8 Å². The third-order valence-corrected chi connectivity index (χ3v) is 6.92. The van der Waals surface area contributed by atoms with Crippen molar-refractivity contribution in [3.8, 4) is 0 Å². The Bertz CT molecular complexity index is 1120. The van der Waals surface area contributed by atoms with Crippen LogP contribution in [0.5, 0.6) is 0 Å². The van der Waals surface area contributed by atoms with Crippen LogP contribution in [0.3, 0.4) is 0 Å². The van der Waals surface area contributed by atoms with Gasteiger partial charge in [-0.25, -0.2) is 4.79 Å². The molecule has 0 unspecified atom stereocenters. The Morgan fingerprint density at radius 2 is 1.57 bits per heavy atom. The molecule has 0 aliphatic heterocycles. The van der Waals surface area contributed by atoms with Crippen molar-refractivity contribution in [3.63, 3.8) is 0 Å².